The first-order valence-corrected chi connectivity index (χ1v) is 6.99. The average Bonchev–Trinajstić information content (AvgIpc) is 2.40. The summed E-state index contributed by atoms with van der Waals surface area (Å²) >= 11 is 0. The molecule has 6 nitrogen and oxygen atoms in total. The lowest BCUT2D eigenvalue weighted by Gasteiger charge is -2.13. The second kappa shape index (κ2) is 8.26. The van der Waals surface area contributed by atoms with Gasteiger partial charge >= 0.3 is 0 Å². The van der Waals surface area contributed by atoms with E-state index < -0.39 is 6.04 Å². The molecule has 0 aliphatic carbocycles. The third kappa shape index (κ3) is 6.76. The van der Waals surface area contributed by atoms with Crippen LogP contribution in [-0.2, 0) is 16.0 Å². The van der Waals surface area contributed by atoms with Crippen molar-refractivity contribution in [2.75, 3.05) is 6.54 Å². The third-order valence-corrected chi connectivity index (χ3v) is 2.83. The lowest BCUT2D eigenvalue weighted by Crippen LogP contribution is -2.43. The highest BCUT2D eigenvalue weighted by Gasteiger charge is 2.14. The molecule has 0 unspecified atom stereocenters. The first-order valence-electron chi connectivity index (χ1n) is 6.99. The molecular weight excluding hydrogens is 270 g/mol. The first-order chi connectivity index (χ1) is 9.88. The van der Waals surface area contributed by atoms with E-state index in [9.17, 15) is 14.7 Å². The van der Waals surface area contributed by atoms with E-state index >= 15 is 0 Å². The van der Waals surface area contributed by atoms with Crippen LogP contribution in [0.1, 0.15) is 25.8 Å². The van der Waals surface area contributed by atoms with Crippen LogP contribution in [0.25, 0.3) is 0 Å². The lowest BCUT2D eigenvalue weighted by atomic mass is 10.1. The third-order valence-electron chi connectivity index (χ3n) is 2.83. The fraction of sp³-hybridized carbons (Fsp3) is 0.467. The van der Waals surface area contributed by atoms with Crippen molar-refractivity contribution in [2.24, 2.45) is 5.73 Å². The molecule has 0 saturated carbocycles. The van der Waals surface area contributed by atoms with Crippen LogP contribution < -0.4 is 16.4 Å². The van der Waals surface area contributed by atoms with Crippen LogP contribution in [0, 0.1) is 0 Å². The van der Waals surface area contributed by atoms with E-state index in [1.54, 1.807) is 24.3 Å². The number of phenols is 1. The van der Waals surface area contributed by atoms with Crippen LogP contribution in [0.4, 0.5) is 0 Å². The average molecular weight is 293 g/mol. The topological polar surface area (TPSA) is 104 Å². The van der Waals surface area contributed by atoms with Crippen molar-refractivity contribution < 1.29 is 14.7 Å². The Hall–Kier alpha value is -2.08. The lowest BCUT2D eigenvalue weighted by molar-refractivity contribution is -0.123. The van der Waals surface area contributed by atoms with Crippen molar-refractivity contribution in [3.63, 3.8) is 0 Å². The second-order valence-electron chi connectivity index (χ2n) is 5.24. The molecular formula is C15H23N3O3. The molecule has 1 aromatic carbocycles. The van der Waals surface area contributed by atoms with E-state index in [-0.39, 0.29) is 36.6 Å². The van der Waals surface area contributed by atoms with Gasteiger partial charge in [0.15, 0.2) is 0 Å². The highest BCUT2D eigenvalue weighted by atomic mass is 16.3. The maximum absolute atomic E-state index is 11.8. The van der Waals surface area contributed by atoms with Gasteiger partial charge < -0.3 is 21.5 Å². The van der Waals surface area contributed by atoms with E-state index in [0.717, 1.165) is 5.56 Å². The highest BCUT2D eigenvalue weighted by molar-refractivity contribution is 5.82. The molecule has 0 aliphatic heterocycles. The zero-order chi connectivity index (χ0) is 15.8. The summed E-state index contributed by atoms with van der Waals surface area (Å²) in [5.41, 5.74) is 6.68. The van der Waals surface area contributed by atoms with Crippen LogP contribution >= 0.6 is 0 Å². The second-order valence-corrected chi connectivity index (χ2v) is 5.24. The summed E-state index contributed by atoms with van der Waals surface area (Å²) in [4.78, 5) is 23.2. The van der Waals surface area contributed by atoms with Crippen molar-refractivity contribution in [1.29, 1.82) is 0 Å². The molecule has 0 bridgehead atoms. The predicted octanol–water partition coefficient (Wildman–Crippen LogP) is 0.293. The van der Waals surface area contributed by atoms with Gasteiger partial charge in [0.25, 0.3) is 0 Å². The molecule has 1 atom stereocenters. The quantitative estimate of drug-likeness (QED) is 0.580. The number of amides is 2. The van der Waals surface area contributed by atoms with E-state index in [2.05, 4.69) is 10.6 Å². The van der Waals surface area contributed by atoms with Crippen molar-refractivity contribution in [1.82, 2.24) is 10.6 Å². The molecule has 21 heavy (non-hydrogen) atoms. The highest BCUT2D eigenvalue weighted by Crippen LogP contribution is 2.10. The largest absolute Gasteiger partial charge is 0.508 e. The van der Waals surface area contributed by atoms with Gasteiger partial charge in [0.1, 0.15) is 5.75 Å². The molecule has 0 aromatic heterocycles. The predicted molar refractivity (Wildman–Crippen MR) is 80.7 cm³/mol. The minimum atomic E-state index is -0.678. The van der Waals surface area contributed by atoms with Gasteiger partial charge in [-0.1, -0.05) is 12.1 Å². The Labute approximate surface area is 124 Å². The Morgan fingerprint density at radius 1 is 1.24 bits per heavy atom. The summed E-state index contributed by atoms with van der Waals surface area (Å²) in [6.07, 6.45) is 0.611. The SMILES string of the molecule is CC(C)NC(=O)CCNC(=O)[C@@H](N)Cc1ccc(O)cc1. The molecule has 1 aromatic rings. The van der Waals surface area contributed by atoms with Gasteiger partial charge in [-0.15, -0.1) is 0 Å². The molecule has 116 valence electrons. The smallest absolute Gasteiger partial charge is 0.237 e. The summed E-state index contributed by atoms with van der Waals surface area (Å²) in [5, 5.41) is 14.6. The molecule has 6 heteroatoms. The van der Waals surface area contributed by atoms with E-state index in [1.165, 1.54) is 0 Å². The van der Waals surface area contributed by atoms with Crippen LogP contribution in [0.3, 0.4) is 0 Å². The minimum Gasteiger partial charge on any atom is -0.508 e. The monoisotopic (exact) mass is 293 g/mol. The minimum absolute atomic E-state index is 0.0879. The molecule has 5 N–H and O–H groups in total. The Morgan fingerprint density at radius 3 is 2.43 bits per heavy atom. The summed E-state index contributed by atoms with van der Waals surface area (Å²) in [5.74, 6) is -0.217. The Balaban J connectivity index is 2.31. The fourth-order valence-electron chi connectivity index (χ4n) is 1.80. The zero-order valence-corrected chi connectivity index (χ0v) is 12.4. The summed E-state index contributed by atoms with van der Waals surface area (Å²) in [7, 11) is 0. The van der Waals surface area contributed by atoms with Crippen molar-refractivity contribution in [2.45, 2.75) is 38.8 Å². The summed E-state index contributed by atoms with van der Waals surface area (Å²) in [6.45, 7) is 4.02. The standard InChI is InChI=1S/C15H23N3O3/c1-10(2)18-14(20)7-8-17-15(21)13(16)9-11-3-5-12(19)6-4-11/h3-6,10,13,19H,7-9,16H2,1-2H3,(H,17,21)(H,18,20)/t13-/m0/s1. The fourth-order valence-corrected chi connectivity index (χ4v) is 1.80. The van der Waals surface area contributed by atoms with E-state index in [0.29, 0.717) is 6.42 Å². The molecule has 0 heterocycles. The van der Waals surface area contributed by atoms with Crippen LogP contribution in [0.15, 0.2) is 24.3 Å². The van der Waals surface area contributed by atoms with Gasteiger partial charge in [-0.2, -0.15) is 0 Å². The number of benzene rings is 1. The van der Waals surface area contributed by atoms with Gasteiger partial charge in [0, 0.05) is 19.0 Å². The number of carbonyl (C=O) groups is 2. The molecule has 0 spiro atoms. The van der Waals surface area contributed by atoms with Crippen LogP contribution in [0.5, 0.6) is 5.75 Å². The molecule has 0 fully saturated rings. The summed E-state index contributed by atoms with van der Waals surface area (Å²) < 4.78 is 0. The zero-order valence-electron chi connectivity index (χ0n) is 12.4. The number of nitrogens with two attached hydrogens (primary N) is 1. The number of rotatable bonds is 7. The van der Waals surface area contributed by atoms with E-state index in [4.69, 9.17) is 5.73 Å². The van der Waals surface area contributed by atoms with Gasteiger partial charge in [-0.25, -0.2) is 0 Å². The van der Waals surface area contributed by atoms with Gasteiger partial charge in [-0.3, -0.25) is 9.59 Å². The maximum Gasteiger partial charge on any atom is 0.237 e. The van der Waals surface area contributed by atoms with Crippen LogP contribution in [-0.4, -0.2) is 35.5 Å². The number of carbonyl (C=O) groups excluding carboxylic acids is 2. The van der Waals surface area contributed by atoms with Gasteiger partial charge in [-0.05, 0) is 38.0 Å². The van der Waals surface area contributed by atoms with Crippen molar-refractivity contribution >= 4 is 11.8 Å². The molecule has 1 rings (SSSR count). The number of hydrogen-bond acceptors (Lipinski definition) is 4. The van der Waals surface area contributed by atoms with Crippen molar-refractivity contribution in [3.8, 4) is 5.75 Å². The first kappa shape index (κ1) is 17.0. The van der Waals surface area contributed by atoms with Gasteiger partial charge in [0.05, 0.1) is 6.04 Å². The Kier molecular flexibility index (Phi) is 6.68. The Morgan fingerprint density at radius 2 is 1.86 bits per heavy atom. The molecule has 0 saturated heterocycles. The molecule has 0 radical (unpaired) electrons. The van der Waals surface area contributed by atoms with Crippen LogP contribution in [0.2, 0.25) is 0 Å². The van der Waals surface area contributed by atoms with E-state index in [1.807, 2.05) is 13.8 Å². The normalized spacial score (nSPS) is 12.0. The van der Waals surface area contributed by atoms with Gasteiger partial charge in [0.2, 0.25) is 11.8 Å². The number of aromatic hydroxyl groups is 1. The Bertz CT molecular complexity index is 472. The maximum atomic E-state index is 11.8. The number of phenolic OH excluding ortho intramolecular Hbond substituents is 1. The number of nitrogens with one attached hydrogen (secondary N) is 2. The number of hydrogen-bond donors (Lipinski definition) is 4. The molecule has 0 aliphatic rings. The summed E-state index contributed by atoms with van der Waals surface area (Å²) in [6, 6.07) is 5.96. The molecule has 2 amide bonds. The van der Waals surface area contributed by atoms with Crippen molar-refractivity contribution in [3.05, 3.63) is 29.8 Å².